The van der Waals surface area contributed by atoms with E-state index < -0.39 is 0 Å². The van der Waals surface area contributed by atoms with Crippen molar-refractivity contribution < 1.29 is 0 Å². The summed E-state index contributed by atoms with van der Waals surface area (Å²) in [4.78, 5) is 0. The maximum absolute atomic E-state index is 5.64. The minimum absolute atomic E-state index is 0.348. The molecular weight excluding hydrogens is 235 g/mol. The molecule has 0 aromatic heterocycles. The van der Waals surface area contributed by atoms with Crippen LogP contribution in [0.5, 0.6) is 0 Å². The highest BCUT2D eigenvalue weighted by atomic mass is 127. The molecule has 1 aliphatic rings. The molecule has 0 spiro atoms. The van der Waals surface area contributed by atoms with Crippen molar-refractivity contribution >= 4 is 34.6 Å². The molecule has 0 aliphatic carbocycles. The maximum Gasteiger partial charge on any atom is 0.0644 e. The SMILES string of the molecule is NC1CN(I)CCS1. The number of hydrogen-bond acceptors (Lipinski definition) is 3. The average Bonchev–Trinajstić information content (AvgIpc) is 1.64. The summed E-state index contributed by atoms with van der Waals surface area (Å²) in [6, 6.07) is 0. The van der Waals surface area contributed by atoms with Crippen LogP contribution in [0.1, 0.15) is 0 Å². The summed E-state index contributed by atoms with van der Waals surface area (Å²) in [6.45, 7) is 2.21. The van der Waals surface area contributed by atoms with Gasteiger partial charge in [0.1, 0.15) is 0 Å². The second kappa shape index (κ2) is 3.24. The van der Waals surface area contributed by atoms with Crippen molar-refractivity contribution in [3.63, 3.8) is 0 Å². The van der Waals surface area contributed by atoms with E-state index in [-0.39, 0.29) is 0 Å². The molecule has 0 aromatic rings. The fraction of sp³-hybridized carbons (Fsp3) is 1.00. The van der Waals surface area contributed by atoms with Gasteiger partial charge in [0, 0.05) is 41.7 Å². The van der Waals surface area contributed by atoms with Crippen LogP contribution in [0.25, 0.3) is 0 Å². The topological polar surface area (TPSA) is 29.3 Å². The molecule has 4 heteroatoms. The van der Waals surface area contributed by atoms with E-state index in [4.69, 9.17) is 5.73 Å². The van der Waals surface area contributed by atoms with Crippen molar-refractivity contribution in [3.05, 3.63) is 0 Å². The van der Waals surface area contributed by atoms with Gasteiger partial charge in [-0.3, -0.25) is 0 Å². The molecule has 1 aliphatic heterocycles. The van der Waals surface area contributed by atoms with Gasteiger partial charge in [0.15, 0.2) is 0 Å². The highest BCUT2D eigenvalue weighted by molar-refractivity contribution is 14.1. The zero-order valence-corrected chi connectivity index (χ0v) is 7.48. The summed E-state index contributed by atoms with van der Waals surface area (Å²) in [6.07, 6.45) is 0. The Morgan fingerprint density at radius 1 is 1.75 bits per heavy atom. The molecule has 8 heavy (non-hydrogen) atoms. The van der Waals surface area contributed by atoms with Crippen molar-refractivity contribution in [2.45, 2.75) is 5.37 Å². The second-order valence-corrected chi connectivity index (χ2v) is 4.49. The Hall–Kier alpha value is 1.00. The maximum atomic E-state index is 5.64. The molecular formula is C4H9IN2S. The molecule has 0 aromatic carbocycles. The van der Waals surface area contributed by atoms with Crippen LogP contribution in [0.15, 0.2) is 0 Å². The zero-order valence-electron chi connectivity index (χ0n) is 4.51. The van der Waals surface area contributed by atoms with Crippen LogP contribution in [0.3, 0.4) is 0 Å². The van der Waals surface area contributed by atoms with Crippen LogP contribution in [0.4, 0.5) is 0 Å². The Balaban J connectivity index is 2.23. The Morgan fingerprint density at radius 3 is 2.88 bits per heavy atom. The van der Waals surface area contributed by atoms with Crippen molar-refractivity contribution in [3.8, 4) is 0 Å². The van der Waals surface area contributed by atoms with Gasteiger partial charge in [0.05, 0.1) is 5.37 Å². The first-order chi connectivity index (χ1) is 3.79. The molecule has 0 saturated carbocycles. The Labute approximate surface area is 67.7 Å². The lowest BCUT2D eigenvalue weighted by Gasteiger charge is -2.24. The summed E-state index contributed by atoms with van der Waals surface area (Å²) in [5.41, 5.74) is 5.64. The first-order valence-electron chi connectivity index (χ1n) is 2.57. The van der Waals surface area contributed by atoms with Crippen LogP contribution in [0, 0.1) is 0 Å². The molecule has 1 saturated heterocycles. The van der Waals surface area contributed by atoms with Crippen LogP contribution in [0.2, 0.25) is 0 Å². The fourth-order valence-corrected chi connectivity index (χ4v) is 2.82. The standard InChI is InChI=1S/C4H9IN2S/c5-7-1-2-8-4(6)3-7/h4H,1-3,6H2. The molecule has 1 atom stereocenters. The van der Waals surface area contributed by atoms with E-state index in [1.165, 1.54) is 12.3 Å². The highest BCUT2D eigenvalue weighted by Crippen LogP contribution is 2.16. The van der Waals surface area contributed by atoms with E-state index in [1.807, 2.05) is 11.8 Å². The van der Waals surface area contributed by atoms with Gasteiger partial charge < -0.3 is 5.73 Å². The van der Waals surface area contributed by atoms with E-state index in [9.17, 15) is 0 Å². The molecule has 2 nitrogen and oxygen atoms in total. The average molecular weight is 244 g/mol. The van der Waals surface area contributed by atoms with E-state index in [0.717, 1.165) is 6.54 Å². The van der Waals surface area contributed by atoms with Gasteiger partial charge in [0.2, 0.25) is 0 Å². The molecule has 1 heterocycles. The molecule has 0 bridgehead atoms. The largest absolute Gasteiger partial charge is 0.318 e. The van der Waals surface area contributed by atoms with Gasteiger partial charge in [-0.1, -0.05) is 0 Å². The third-order valence-corrected chi connectivity index (χ3v) is 2.92. The molecule has 48 valence electrons. The Bertz CT molecular complexity index is 72.4. The molecule has 1 unspecified atom stereocenters. The fourth-order valence-electron chi connectivity index (χ4n) is 0.642. The van der Waals surface area contributed by atoms with Gasteiger partial charge in [0.25, 0.3) is 0 Å². The van der Waals surface area contributed by atoms with E-state index in [0.29, 0.717) is 5.37 Å². The Kier molecular flexibility index (Phi) is 2.88. The predicted molar refractivity (Wildman–Crippen MR) is 46.0 cm³/mol. The first-order valence-corrected chi connectivity index (χ1v) is 4.58. The lowest BCUT2D eigenvalue weighted by atomic mass is 10.6. The second-order valence-electron chi connectivity index (χ2n) is 1.78. The molecule has 2 N–H and O–H groups in total. The number of nitrogens with two attached hydrogens (primary N) is 1. The van der Waals surface area contributed by atoms with Crippen molar-refractivity contribution in [2.75, 3.05) is 18.8 Å². The summed E-state index contributed by atoms with van der Waals surface area (Å²) in [5.74, 6) is 1.18. The summed E-state index contributed by atoms with van der Waals surface area (Å²) < 4.78 is 2.24. The van der Waals surface area contributed by atoms with Crippen molar-refractivity contribution in [1.29, 1.82) is 0 Å². The molecule has 0 amide bonds. The minimum Gasteiger partial charge on any atom is -0.318 e. The van der Waals surface area contributed by atoms with Gasteiger partial charge >= 0.3 is 0 Å². The van der Waals surface area contributed by atoms with Gasteiger partial charge in [-0.15, -0.1) is 11.8 Å². The van der Waals surface area contributed by atoms with E-state index in [2.05, 4.69) is 26.0 Å². The normalized spacial score (nSPS) is 33.0. The lowest BCUT2D eigenvalue weighted by Crippen LogP contribution is -2.35. The van der Waals surface area contributed by atoms with Gasteiger partial charge in [-0.05, 0) is 0 Å². The summed E-state index contributed by atoms with van der Waals surface area (Å²) in [7, 11) is 0. The van der Waals surface area contributed by atoms with Crippen LogP contribution in [-0.2, 0) is 0 Å². The Morgan fingerprint density at radius 2 is 2.50 bits per heavy atom. The van der Waals surface area contributed by atoms with Crippen molar-refractivity contribution in [2.24, 2.45) is 5.73 Å². The number of rotatable bonds is 0. The third kappa shape index (κ3) is 2.08. The van der Waals surface area contributed by atoms with E-state index >= 15 is 0 Å². The van der Waals surface area contributed by atoms with Crippen LogP contribution < -0.4 is 5.73 Å². The third-order valence-electron chi connectivity index (χ3n) is 1.04. The van der Waals surface area contributed by atoms with Crippen LogP contribution >= 0.6 is 34.6 Å². The van der Waals surface area contributed by atoms with Crippen LogP contribution in [-0.4, -0.2) is 27.3 Å². The smallest absolute Gasteiger partial charge is 0.0644 e. The molecule has 0 radical (unpaired) electrons. The highest BCUT2D eigenvalue weighted by Gasteiger charge is 2.13. The first kappa shape index (κ1) is 7.11. The predicted octanol–water partition coefficient (Wildman–Crippen LogP) is 0.670. The zero-order chi connectivity index (χ0) is 5.98. The monoisotopic (exact) mass is 244 g/mol. The van der Waals surface area contributed by atoms with Gasteiger partial charge in [-0.25, -0.2) is 3.11 Å². The quantitative estimate of drug-likeness (QED) is 0.501. The van der Waals surface area contributed by atoms with E-state index in [1.54, 1.807) is 0 Å². The lowest BCUT2D eigenvalue weighted by molar-refractivity contribution is 0.520. The summed E-state index contributed by atoms with van der Waals surface area (Å²) >= 11 is 4.17. The molecule has 1 fully saturated rings. The van der Waals surface area contributed by atoms with Gasteiger partial charge in [-0.2, -0.15) is 0 Å². The number of hydrogen-bond donors (Lipinski definition) is 1. The molecule has 1 rings (SSSR count). The van der Waals surface area contributed by atoms with Crippen molar-refractivity contribution in [1.82, 2.24) is 3.11 Å². The number of nitrogens with zero attached hydrogens (tertiary/aromatic N) is 1. The summed E-state index contributed by atoms with van der Waals surface area (Å²) in [5, 5.41) is 0.348. The number of thioether (sulfide) groups is 1. The minimum atomic E-state index is 0.348. The number of halogens is 1.